The van der Waals surface area contributed by atoms with E-state index in [1.807, 2.05) is 12.1 Å². The van der Waals surface area contributed by atoms with Crippen LogP contribution in [0, 0.1) is 0 Å². The first-order valence-electron chi connectivity index (χ1n) is 4.67. The fraction of sp³-hybridized carbons (Fsp3) is 0. The van der Waals surface area contributed by atoms with Crippen LogP contribution >= 0.6 is 8.60 Å². The van der Waals surface area contributed by atoms with E-state index < -0.39 is 8.60 Å². The molecule has 17 heavy (non-hydrogen) atoms. The Bertz CT molecular complexity index is 355. The molecule has 0 saturated heterocycles. The van der Waals surface area contributed by atoms with E-state index in [9.17, 15) is 0 Å². The van der Waals surface area contributed by atoms with Crippen molar-refractivity contribution in [2.45, 2.75) is 0 Å². The Hall–Kier alpha value is -0.653. The Kier molecular flexibility index (Phi) is 9.02. The van der Waals surface area contributed by atoms with Crippen LogP contribution in [0.4, 0.5) is 0 Å². The third-order valence-electron chi connectivity index (χ3n) is 1.88. The average molecular weight is 244 g/mol. The molecule has 0 saturated carbocycles. The fourth-order valence-electron chi connectivity index (χ4n) is 1.26. The van der Waals surface area contributed by atoms with Gasteiger partial charge in [-0.15, -0.1) is 0 Å². The van der Waals surface area contributed by atoms with Crippen LogP contribution in [0.1, 0.15) is 0 Å². The molecule has 0 amide bonds. The van der Waals surface area contributed by atoms with Gasteiger partial charge in [0.2, 0.25) is 0 Å². The minimum absolute atomic E-state index is 0. The Labute approximate surface area is 114 Å². The summed E-state index contributed by atoms with van der Waals surface area (Å²) in [5.41, 5.74) is 2.55. The monoisotopic (exact) mass is 244 g/mol. The Balaban J connectivity index is 0.000000453. The van der Waals surface area contributed by atoms with E-state index in [1.165, 1.54) is 11.1 Å². The molecular formula is C12H14LiO3P. The fourth-order valence-corrected chi connectivity index (χ4v) is 1.26. The normalized spacial score (nSPS) is 8.94. The minimum atomic E-state index is -2.62. The number of rotatable bonds is 1. The van der Waals surface area contributed by atoms with Gasteiger partial charge >= 0.3 is 27.5 Å². The second kappa shape index (κ2) is 9.38. The molecule has 0 unspecified atom stereocenters. The third kappa shape index (κ3) is 7.30. The maximum absolute atomic E-state index is 7.23. The van der Waals surface area contributed by atoms with Gasteiger partial charge in [-0.25, -0.2) is 0 Å². The topological polar surface area (TPSA) is 60.7 Å². The van der Waals surface area contributed by atoms with Crippen molar-refractivity contribution in [1.82, 2.24) is 0 Å². The van der Waals surface area contributed by atoms with Gasteiger partial charge in [0.25, 0.3) is 0 Å². The summed E-state index contributed by atoms with van der Waals surface area (Å²) >= 11 is 0. The largest absolute Gasteiger partial charge is 0.0622 e. The van der Waals surface area contributed by atoms with Crippen molar-refractivity contribution in [2.24, 2.45) is 0 Å². The molecule has 0 fully saturated rings. The van der Waals surface area contributed by atoms with Crippen LogP contribution in [-0.2, 0) is 0 Å². The van der Waals surface area contributed by atoms with Crippen molar-refractivity contribution in [3.8, 4) is 11.1 Å². The van der Waals surface area contributed by atoms with Crippen molar-refractivity contribution in [3.05, 3.63) is 60.7 Å². The van der Waals surface area contributed by atoms with Crippen LogP contribution in [0.15, 0.2) is 60.7 Å². The molecule has 0 radical (unpaired) electrons. The summed E-state index contributed by atoms with van der Waals surface area (Å²) in [6, 6.07) is 20.8. The van der Waals surface area contributed by atoms with Crippen LogP contribution in [0.3, 0.4) is 0 Å². The Morgan fingerprint density at radius 2 is 0.824 bits per heavy atom. The molecule has 2 rings (SSSR count). The zero-order valence-electron chi connectivity index (χ0n) is 8.56. The van der Waals surface area contributed by atoms with Gasteiger partial charge in [-0.2, -0.15) is 0 Å². The predicted molar refractivity (Wildman–Crippen MR) is 72.6 cm³/mol. The van der Waals surface area contributed by atoms with Crippen molar-refractivity contribution >= 4 is 27.5 Å². The summed E-state index contributed by atoms with van der Waals surface area (Å²) in [4.78, 5) is 21.7. The summed E-state index contributed by atoms with van der Waals surface area (Å²) in [5.74, 6) is 0. The maximum Gasteiger partial charge on any atom is -0.0184 e. The number of benzene rings is 2. The van der Waals surface area contributed by atoms with E-state index in [2.05, 4.69) is 48.5 Å². The summed E-state index contributed by atoms with van der Waals surface area (Å²) in [7, 11) is -2.62. The third-order valence-corrected chi connectivity index (χ3v) is 1.88. The summed E-state index contributed by atoms with van der Waals surface area (Å²) < 4.78 is 0. The van der Waals surface area contributed by atoms with Crippen LogP contribution in [0.25, 0.3) is 11.1 Å². The molecule has 0 aromatic heterocycles. The smallest absolute Gasteiger partial charge is 0.0184 e. The van der Waals surface area contributed by atoms with Crippen LogP contribution in [0.5, 0.6) is 0 Å². The van der Waals surface area contributed by atoms with Gasteiger partial charge in [-0.1, -0.05) is 60.7 Å². The summed E-state index contributed by atoms with van der Waals surface area (Å²) in [6.45, 7) is 0. The average Bonchev–Trinajstić information content (AvgIpc) is 2.31. The summed E-state index contributed by atoms with van der Waals surface area (Å²) in [6.07, 6.45) is 0. The van der Waals surface area contributed by atoms with Gasteiger partial charge < -0.3 is 14.7 Å². The molecule has 0 aliphatic heterocycles. The molecule has 0 aliphatic rings. The second-order valence-corrected chi connectivity index (χ2v) is 3.54. The molecular weight excluding hydrogens is 230 g/mol. The van der Waals surface area contributed by atoms with Gasteiger partial charge in [0.05, 0.1) is 0 Å². The number of hydrogen-bond donors (Lipinski definition) is 3. The van der Waals surface area contributed by atoms with Gasteiger partial charge in [0.15, 0.2) is 0 Å². The SMILES string of the molecule is OP(O)O.[LiH].c1ccc(-c2ccccc2)cc1. The standard InChI is InChI=1S/C12H10.Li.H3O3P.H/c1-3-7-11(8-4-1)12-9-5-2-6-10-12;;1-4(2)3;/h1-10H;;1-3H;. The van der Waals surface area contributed by atoms with Gasteiger partial charge in [0, 0.05) is 0 Å². The summed E-state index contributed by atoms with van der Waals surface area (Å²) in [5, 5.41) is 0. The Morgan fingerprint density at radius 3 is 1.06 bits per heavy atom. The molecule has 3 N–H and O–H groups in total. The van der Waals surface area contributed by atoms with Crippen molar-refractivity contribution in [2.75, 3.05) is 0 Å². The van der Waals surface area contributed by atoms with Gasteiger partial charge in [-0.05, 0) is 11.1 Å². The molecule has 0 spiro atoms. The first kappa shape index (κ1) is 16.3. The number of hydrogen-bond acceptors (Lipinski definition) is 3. The first-order chi connectivity index (χ1) is 7.70. The zero-order valence-corrected chi connectivity index (χ0v) is 9.46. The minimum Gasteiger partial charge on any atom is -0.0622 e. The van der Waals surface area contributed by atoms with Crippen molar-refractivity contribution in [1.29, 1.82) is 0 Å². The van der Waals surface area contributed by atoms with Gasteiger partial charge in [-0.3, -0.25) is 0 Å². The molecule has 0 aliphatic carbocycles. The maximum atomic E-state index is 7.23. The quantitative estimate of drug-likeness (QED) is 0.530. The molecule has 2 aromatic carbocycles. The van der Waals surface area contributed by atoms with E-state index in [0.717, 1.165) is 0 Å². The molecule has 0 atom stereocenters. The van der Waals surface area contributed by atoms with E-state index in [4.69, 9.17) is 14.7 Å². The van der Waals surface area contributed by atoms with Crippen LogP contribution < -0.4 is 0 Å². The van der Waals surface area contributed by atoms with Crippen molar-refractivity contribution in [3.63, 3.8) is 0 Å². The Morgan fingerprint density at radius 1 is 0.588 bits per heavy atom. The van der Waals surface area contributed by atoms with Gasteiger partial charge in [0.1, 0.15) is 0 Å². The van der Waals surface area contributed by atoms with E-state index in [-0.39, 0.29) is 18.9 Å². The molecule has 5 heteroatoms. The predicted octanol–water partition coefficient (Wildman–Crippen LogP) is 1.90. The molecule has 0 bridgehead atoms. The van der Waals surface area contributed by atoms with Crippen molar-refractivity contribution < 1.29 is 14.7 Å². The first-order valence-corrected chi connectivity index (χ1v) is 5.87. The van der Waals surface area contributed by atoms with E-state index >= 15 is 0 Å². The molecule has 0 heterocycles. The molecule has 3 nitrogen and oxygen atoms in total. The zero-order chi connectivity index (χ0) is 11.8. The molecule has 86 valence electrons. The second-order valence-electron chi connectivity index (χ2n) is 3.00. The van der Waals surface area contributed by atoms with Crippen LogP contribution in [-0.4, -0.2) is 33.5 Å². The van der Waals surface area contributed by atoms with Crippen LogP contribution in [0.2, 0.25) is 0 Å². The van der Waals surface area contributed by atoms with E-state index in [1.54, 1.807) is 0 Å². The van der Waals surface area contributed by atoms with E-state index in [0.29, 0.717) is 0 Å². The molecule has 2 aromatic rings.